The summed E-state index contributed by atoms with van der Waals surface area (Å²) in [5.41, 5.74) is 1.40. The molecule has 0 fully saturated rings. The molecule has 0 aromatic heterocycles. The van der Waals surface area contributed by atoms with Crippen LogP contribution in [0, 0.1) is 0 Å². The Bertz CT molecular complexity index is 800. The van der Waals surface area contributed by atoms with E-state index >= 15 is 0 Å². The summed E-state index contributed by atoms with van der Waals surface area (Å²) in [6.07, 6.45) is 0. The number of alkyl halides is 1. The Balaban J connectivity index is 0.000000221. The Morgan fingerprint density at radius 2 is 0.741 bits per heavy atom. The van der Waals surface area contributed by atoms with Crippen LogP contribution in [0.3, 0.4) is 0 Å². The third-order valence-corrected chi connectivity index (χ3v) is 7.36. The molecule has 0 bridgehead atoms. The van der Waals surface area contributed by atoms with Crippen LogP contribution in [0.1, 0.15) is 5.56 Å². The van der Waals surface area contributed by atoms with Gasteiger partial charge >= 0.3 is 0 Å². The molecule has 0 radical (unpaired) electrons. The van der Waals surface area contributed by atoms with Gasteiger partial charge in [-0.05, 0) is 29.4 Å². The molecule has 4 aromatic carbocycles. The number of halogens is 1. The summed E-state index contributed by atoms with van der Waals surface area (Å²) in [6, 6.07) is 42.8. The Labute approximate surface area is 177 Å². The van der Waals surface area contributed by atoms with Gasteiger partial charge in [-0.2, -0.15) is 0 Å². The summed E-state index contributed by atoms with van der Waals surface area (Å²) < 4.78 is 1.11. The molecule has 0 amide bonds. The summed E-state index contributed by atoms with van der Waals surface area (Å²) in [7, 11) is -0.446. The predicted molar refractivity (Wildman–Crippen MR) is 129 cm³/mol. The van der Waals surface area contributed by atoms with Crippen molar-refractivity contribution in [2.45, 2.75) is 4.43 Å². The van der Waals surface area contributed by atoms with Gasteiger partial charge in [-0.3, -0.25) is 0 Å². The second kappa shape index (κ2) is 11.0. The summed E-state index contributed by atoms with van der Waals surface area (Å²) in [5, 5.41) is 4.19. The molecule has 0 N–H and O–H groups in total. The molecule has 0 saturated heterocycles. The Morgan fingerprint density at radius 1 is 0.444 bits per heavy atom. The van der Waals surface area contributed by atoms with Crippen LogP contribution >= 0.6 is 30.5 Å². The average molecular weight is 480 g/mol. The van der Waals surface area contributed by atoms with Gasteiger partial charge in [0.25, 0.3) is 0 Å². The van der Waals surface area contributed by atoms with Crippen molar-refractivity contribution in [3.63, 3.8) is 0 Å². The fraction of sp³-hybridized carbons (Fsp3) is 0.0400. The van der Waals surface area contributed by atoms with Gasteiger partial charge in [0.05, 0.1) is 0 Å². The fourth-order valence-electron chi connectivity index (χ4n) is 2.75. The molecule has 0 aliphatic carbocycles. The highest BCUT2D eigenvalue weighted by Crippen LogP contribution is 2.32. The second-order valence-corrected chi connectivity index (χ2v) is 8.94. The second-order valence-electron chi connectivity index (χ2n) is 5.96. The lowest BCUT2D eigenvalue weighted by Gasteiger charge is -2.18. The first kappa shape index (κ1) is 19.8. The first-order chi connectivity index (χ1) is 13.4. The number of rotatable bonds is 4. The highest BCUT2D eigenvalue weighted by atomic mass is 127. The van der Waals surface area contributed by atoms with Gasteiger partial charge in [-0.25, -0.2) is 0 Å². The van der Waals surface area contributed by atoms with Gasteiger partial charge < -0.3 is 0 Å². The maximum Gasteiger partial charge on any atom is 0.0247 e. The molecule has 2 heteroatoms. The zero-order valence-electron chi connectivity index (χ0n) is 15.1. The number of benzene rings is 4. The smallest absolute Gasteiger partial charge is 0.0247 e. The van der Waals surface area contributed by atoms with E-state index in [9.17, 15) is 0 Å². The lowest BCUT2D eigenvalue weighted by Crippen LogP contribution is -2.20. The van der Waals surface area contributed by atoms with Gasteiger partial charge in [-0.15, -0.1) is 0 Å². The van der Waals surface area contributed by atoms with Gasteiger partial charge in [0.2, 0.25) is 0 Å². The van der Waals surface area contributed by atoms with Crippen LogP contribution in [-0.4, -0.2) is 0 Å². The van der Waals surface area contributed by atoms with Gasteiger partial charge in [-0.1, -0.05) is 144 Å². The van der Waals surface area contributed by atoms with Crippen molar-refractivity contribution in [1.29, 1.82) is 0 Å². The largest absolute Gasteiger partial charge is 0.0812 e. The molecule has 0 unspecified atom stereocenters. The molecule has 0 atom stereocenters. The topological polar surface area (TPSA) is 0 Å². The Kier molecular flexibility index (Phi) is 8.07. The third-order valence-electron chi connectivity index (χ3n) is 4.04. The molecule has 4 rings (SSSR count). The van der Waals surface area contributed by atoms with Crippen molar-refractivity contribution >= 4 is 46.4 Å². The molecule has 4 aromatic rings. The predicted octanol–water partition coefficient (Wildman–Crippen LogP) is 6.07. The first-order valence-electron chi connectivity index (χ1n) is 8.93. The van der Waals surface area contributed by atoms with Crippen molar-refractivity contribution in [3.05, 3.63) is 127 Å². The third kappa shape index (κ3) is 6.02. The normalized spacial score (nSPS) is 10.1. The van der Waals surface area contributed by atoms with E-state index in [0.29, 0.717) is 0 Å². The molecular weight excluding hydrogens is 458 g/mol. The molecule has 0 saturated carbocycles. The van der Waals surface area contributed by atoms with Gasteiger partial charge in [0, 0.05) is 4.43 Å². The maximum atomic E-state index is 2.35. The lowest BCUT2D eigenvalue weighted by molar-refractivity contribution is 1.46. The van der Waals surface area contributed by atoms with Crippen LogP contribution in [0.4, 0.5) is 0 Å². The van der Waals surface area contributed by atoms with E-state index in [1.165, 1.54) is 21.5 Å². The number of hydrogen-bond acceptors (Lipinski definition) is 0. The average Bonchev–Trinajstić information content (AvgIpc) is 2.77. The Morgan fingerprint density at radius 3 is 1.00 bits per heavy atom. The highest BCUT2D eigenvalue weighted by Gasteiger charge is 2.14. The van der Waals surface area contributed by atoms with Gasteiger partial charge in [0.15, 0.2) is 0 Å². The van der Waals surface area contributed by atoms with Crippen LogP contribution < -0.4 is 15.9 Å². The minimum atomic E-state index is -0.446. The number of hydrogen-bond donors (Lipinski definition) is 0. The minimum absolute atomic E-state index is 0.446. The van der Waals surface area contributed by atoms with Crippen molar-refractivity contribution < 1.29 is 0 Å². The van der Waals surface area contributed by atoms with Crippen molar-refractivity contribution in [2.24, 2.45) is 0 Å². The summed E-state index contributed by atoms with van der Waals surface area (Å²) in [6.45, 7) is 0. The van der Waals surface area contributed by atoms with Gasteiger partial charge in [0.1, 0.15) is 0 Å². The molecule has 0 spiro atoms. The van der Waals surface area contributed by atoms with E-state index < -0.39 is 7.92 Å². The van der Waals surface area contributed by atoms with Crippen LogP contribution in [0.25, 0.3) is 0 Å². The zero-order valence-corrected chi connectivity index (χ0v) is 18.1. The monoisotopic (exact) mass is 480 g/mol. The summed E-state index contributed by atoms with van der Waals surface area (Å²) in [5.74, 6) is 0. The van der Waals surface area contributed by atoms with Crippen molar-refractivity contribution in [2.75, 3.05) is 0 Å². The molecule has 0 nitrogen and oxygen atoms in total. The van der Waals surface area contributed by atoms with Crippen LogP contribution in [0.15, 0.2) is 121 Å². The molecule has 0 aliphatic rings. The highest BCUT2D eigenvalue weighted by molar-refractivity contribution is 14.1. The van der Waals surface area contributed by atoms with E-state index in [2.05, 4.69) is 138 Å². The van der Waals surface area contributed by atoms with Crippen molar-refractivity contribution in [1.82, 2.24) is 0 Å². The minimum Gasteiger partial charge on any atom is -0.0812 e. The molecule has 134 valence electrons. The van der Waals surface area contributed by atoms with Crippen LogP contribution in [0.5, 0.6) is 0 Å². The SMILES string of the molecule is ICc1ccccc1.c1ccc(P(c2ccccc2)c2ccccc2)cc1. The van der Waals surface area contributed by atoms with Crippen LogP contribution in [-0.2, 0) is 4.43 Å². The van der Waals surface area contributed by atoms with E-state index in [1.807, 2.05) is 6.07 Å². The zero-order chi connectivity index (χ0) is 18.7. The summed E-state index contributed by atoms with van der Waals surface area (Å²) >= 11 is 2.35. The molecule has 0 heterocycles. The lowest BCUT2D eigenvalue weighted by atomic mass is 10.2. The standard InChI is InChI=1S/C18H15P.C7H7I/c1-4-10-16(11-5-1)19(17-12-6-2-7-13-17)18-14-8-3-9-15-18;8-6-7-4-2-1-3-5-7/h1-15H;1-5H,6H2. The van der Waals surface area contributed by atoms with E-state index in [-0.39, 0.29) is 0 Å². The van der Waals surface area contributed by atoms with E-state index in [4.69, 9.17) is 0 Å². The molecular formula is C25H22IP. The van der Waals surface area contributed by atoms with Crippen molar-refractivity contribution in [3.8, 4) is 0 Å². The van der Waals surface area contributed by atoms with Crippen LogP contribution in [0.2, 0.25) is 0 Å². The summed E-state index contributed by atoms with van der Waals surface area (Å²) in [4.78, 5) is 0. The van der Waals surface area contributed by atoms with E-state index in [1.54, 1.807) is 0 Å². The first-order valence-corrected chi connectivity index (χ1v) is 11.8. The molecule has 0 aliphatic heterocycles. The fourth-order valence-corrected chi connectivity index (χ4v) is 5.56. The Hall–Kier alpha value is -1.96. The quantitative estimate of drug-likeness (QED) is 0.189. The van der Waals surface area contributed by atoms with E-state index in [0.717, 1.165) is 4.43 Å². The maximum absolute atomic E-state index is 2.35. The molecule has 27 heavy (non-hydrogen) atoms.